The van der Waals surface area contributed by atoms with Gasteiger partial charge in [0.1, 0.15) is 0 Å². The molecule has 0 radical (unpaired) electrons. The van der Waals surface area contributed by atoms with E-state index in [9.17, 15) is 23.1 Å². The Kier molecular flexibility index (Phi) is 4.25. The lowest BCUT2D eigenvalue weighted by Crippen LogP contribution is -2.48. The number of aromatic nitrogens is 2. The van der Waals surface area contributed by atoms with Crippen LogP contribution in [0.15, 0.2) is 0 Å². The summed E-state index contributed by atoms with van der Waals surface area (Å²) in [6, 6.07) is 0. The molecule has 0 bridgehead atoms. The van der Waals surface area contributed by atoms with Gasteiger partial charge >= 0.3 is 6.18 Å². The van der Waals surface area contributed by atoms with Gasteiger partial charge in [0, 0.05) is 32.1 Å². The van der Waals surface area contributed by atoms with E-state index in [0.717, 1.165) is 21.9 Å². The maximum atomic E-state index is 12.7. The Morgan fingerprint density at radius 1 is 1.41 bits per heavy atom. The minimum atomic E-state index is -4.71. The van der Waals surface area contributed by atoms with Crippen LogP contribution in [0.2, 0.25) is 0 Å². The number of β-amino-alcohol motifs (C(OH)–C–C–N with tert-alkyl or cyclic N) is 1. The average molecular weight is 319 g/mol. The van der Waals surface area contributed by atoms with E-state index < -0.39 is 24.7 Å². The zero-order valence-corrected chi connectivity index (χ0v) is 12.9. The zero-order valence-electron chi connectivity index (χ0n) is 12.9. The lowest BCUT2D eigenvalue weighted by atomic mass is 10.0. The Balaban J connectivity index is 1.97. The van der Waals surface area contributed by atoms with Crippen LogP contribution in [-0.2, 0) is 18.3 Å². The molecule has 1 atom stereocenters. The smallest absolute Gasteiger partial charge is 0.379 e. The standard InChI is InChI=1S/C14H20F3N3O2/c1-9-11(10(2)19(3)18-9)4-5-12(21)20-7-6-13(22,8-20)14(15,16)17/h22H,4-8H2,1-3H3/t13-/m0/s1. The molecule has 0 aliphatic carbocycles. The highest BCUT2D eigenvalue weighted by Gasteiger charge is 2.57. The van der Waals surface area contributed by atoms with Gasteiger partial charge in [0.05, 0.1) is 12.2 Å². The fourth-order valence-corrected chi connectivity index (χ4v) is 2.81. The van der Waals surface area contributed by atoms with Crippen LogP contribution in [0.4, 0.5) is 13.2 Å². The molecule has 2 rings (SSSR count). The lowest BCUT2D eigenvalue weighted by molar-refractivity contribution is -0.253. The van der Waals surface area contributed by atoms with Gasteiger partial charge in [-0.1, -0.05) is 0 Å². The molecule has 124 valence electrons. The number of rotatable bonds is 3. The van der Waals surface area contributed by atoms with Crippen LogP contribution >= 0.6 is 0 Å². The summed E-state index contributed by atoms with van der Waals surface area (Å²) < 4.78 is 39.9. The molecule has 1 amide bonds. The summed E-state index contributed by atoms with van der Waals surface area (Å²) in [4.78, 5) is 13.2. The summed E-state index contributed by atoms with van der Waals surface area (Å²) >= 11 is 0. The van der Waals surface area contributed by atoms with Crippen LogP contribution < -0.4 is 0 Å². The fraction of sp³-hybridized carbons (Fsp3) is 0.714. The van der Waals surface area contributed by atoms with E-state index in [2.05, 4.69) is 5.10 Å². The van der Waals surface area contributed by atoms with Crippen LogP contribution in [-0.4, -0.2) is 50.6 Å². The number of likely N-dealkylation sites (tertiary alicyclic amines) is 1. The minimum absolute atomic E-state index is 0.0696. The zero-order chi connectivity index (χ0) is 16.7. The van der Waals surface area contributed by atoms with E-state index in [1.807, 2.05) is 13.8 Å². The Labute approximate surface area is 126 Å². The van der Waals surface area contributed by atoms with Gasteiger partial charge in [-0.15, -0.1) is 0 Å². The first-order chi connectivity index (χ1) is 10.0. The highest BCUT2D eigenvalue weighted by molar-refractivity contribution is 5.77. The van der Waals surface area contributed by atoms with Gasteiger partial charge in [-0.05, 0) is 25.8 Å². The molecule has 1 N–H and O–H groups in total. The van der Waals surface area contributed by atoms with Crippen molar-refractivity contribution in [2.75, 3.05) is 13.1 Å². The molecule has 1 aromatic rings. The molecule has 8 heteroatoms. The Bertz CT molecular complexity index is 583. The quantitative estimate of drug-likeness (QED) is 0.918. The number of amides is 1. The second-order valence-corrected chi connectivity index (χ2v) is 5.87. The Morgan fingerprint density at radius 2 is 2.05 bits per heavy atom. The topological polar surface area (TPSA) is 58.4 Å². The molecule has 1 aliphatic rings. The molecular weight excluding hydrogens is 299 g/mol. The summed E-state index contributed by atoms with van der Waals surface area (Å²) in [6.45, 7) is 2.98. The third-order valence-corrected chi connectivity index (χ3v) is 4.38. The van der Waals surface area contributed by atoms with Gasteiger partial charge < -0.3 is 10.0 Å². The van der Waals surface area contributed by atoms with Gasteiger partial charge in [0.15, 0.2) is 5.60 Å². The first kappa shape index (κ1) is 16.8. The van der Waals surface area contributed by atoms with Crippen molar-refractivity contribution in [3.05, 3.63) is 17.0 Å². The van der Waals surface area contributed by atoms with Gasteiger partial charge in [-0.2, -0.15) is 18.3 Å². The maximum Gasteiger partial charge on any atom is 0.419 e. The maximum absolute atomic E-state index is 12.7. The normalized spacial score (nSPS) is 22.4. The third-order valence-electron chi connectivity index (χ3n) is 4.38. The van der Waals surface area contributed by atoms with Crippen molar-refractivity contribution >= 4 is 5.91 Å². The van der Waals surface area contributed by atoms with Gasteiger partial charge in [0.2, 0.25) is 5.91 Å². The van der Waals surface area contributed by atoms with Gasteiger partial charge in [-0.25, -0.2) is 0 Å². The first-order valence-electron chi connectivity index (χ1n) is 7.11. The Morgan fingerprint density at radius 3 is 2.50 bits per heavy atom. The van der Waals surface area contributed by atoms with Crippen molar-refractivity contribution < 1.29 is 23.1 Å². The van der Waals surface area contributed by atoms with Gasteiger partial charge in [-0.3, -0.25) is 9.48 Å². The number of aryl methyl sites for hydroxylation is 2. The fourth-order valence-electron chi connectivity index (χ4n) is 2.81. The number of carbonyl (C=O) groups excluding carboxylic acids is 1. The molecular formula is C14H20F3N3O2. The molecule has 1 aliphatic heterocycles. The number of carbonyl (C=O) groups is 1. The summed E-state index contributed by atoms with van der Waals surface area (Å²) in [7, 11) is 1.80. The summed E-state index contributed by atoms with van der Waals surface area (Å²) in [5.41, 5.74) is -0.0661. The van der Waals surface area contributed by atoms with Crippen LogP contribution in [0.25, 0.3) is 0 Å². The van der Waals surface area contributed by atoms with E-state index in [0.29, 0.717) is 6.42 Å². The summed E-state index contributed by atoms with van der Waals surface area (Å²) in [6.07, 6.45) is -4.63. The summed E-state index contributed by atoms with van der Waals surface area (Å²) in [5.74, 6) is -0.372. The van der Waals surface area contributed by atoms with Crippen LogP contribution in [0.1, 0.15) is 29.8 Å². The lowest BCUT2D eigenvalue weighted by Gasteiger charge is -2.25. The molecule has 1 aromatic heterocycles. The van der Waals surface area contributed by atoms with Crippen molar-refractivity contribution in [2.24, 2.45) is 7.05 Å². The number of nitrogens with zero attached hydrogens (tertiary/aromatic N) is 3. The highest BCUT2D eigenvalue weighted by atomic mass is 19.4. The molecule has 0 spiro atoms. The number of alkyl halides is 3. The third kappa shape index (κ3) is 2.97. The highest BCUT2D eigenvalue weighted by Crippen LogP contribution is 2.37. The average Bonchev–Trinajstić information content (AvgIpc) is 2.91. The minimum Gasteiger partial charge on any atom is -0.379 e. The second-order valence-electron chi connectivity index (χ2n) is 5.87. The molecule has 1 fully saturated rings. The van der Waals surface area contributed by atoms with E-state index in [1.54, 1.807) is 11.7 Å². The molecule has 22 heavy (non-hydrogen) atoms. The van der Waals surface area contributed by atoms with E-state index in [-0.39, 0.29) is 18.9 Å². The number of hydrogen-bond donors (Lipinski definition) is 1. The van der Waals surface area contributed by atoms with E-state index in [1.165, 1.54) is 0 Å². The SMILES string of the molecule is Cc1nn(C)c(C)c1CCC(=O)N1CC[C@@](O)(C(F)(F)F)C1. The molecule has 1 saturated heterocycles. The molecule has 0 unspecified atom stereocenters. The van der Waals surface area contributed by atoms with Gasteiger partial charge in [0.25, 0.3) is 0 Å². The number of aliphatic hydroxyl groups is 1. The molecule has 2 heterocycles. The number of hydrogen-bond acceptors (Lipinski definition) is 3. The predicted molar refractivity (Wildman–Crippen MR) is 73.2 cm³/mol. The molecule has 0 aromatic carbocycles. The predicted octanol–water partition coefficient (Wildman–Crippen LogP) is 1.50. The number of halogens is 3. The van der Waals surface area contributed by atoms with Crippen LogP contribution in [0, 0.1) is 13.8 Å². The van der Waals surface area contributed by atoms with E-state index in [4.69, 9.17) is 0 Å². The first-order valence-corrected chi connectivity index (χ1v) is 7.11. The second kappa shape index (κ2) is 5.57. The van der Waals surface area contributed by atoms with Crippen molar-refractivity contribution in [1.82, 2.24) is 14.7 Å². The van der Waals surface area contributed by atoms with E-state index >= 15 is 0 Å². The monoisotopic (exact) mass is 319 g/mol. The summed E-state index contributed by atoms with van der Waals surface area (Å²) in [5, 5.41) is 13.8. The van der Waals surface area contributed by atoms with Crippen molar-refractivity contribution in [3.63, 3.8) is 0 Å². The van der Waals surface area contributed by atoms with Crippen molar-refractivity contribution in [1.29, 1.82) is 0 Å². The largest absolute Gasteiger partial charge is 0.419 e. The van der Waals surface area contributed by atoms with Crippen LogP contribution in [0.5, 0.6) is 0 Å². The van der Waals surface area contributed by atoms with Crippen molar-refractivity contribution in [2.45, 2.75) is 44.9 Å². The van der Waals surface area contributed by atoms with Crippen molar-refractivity contribution in [3.8, 4) is 0 Å². The Hall–Kier alpha value is -1.57. The molecule has 5 nitrogen and oxygen atoms in total. The molecule has 0 saturated carbocycles. The van der Waals surface area contributed by atoms with Crippen LogP contribution in [0.3, 0.4) is 0 Å².